The van der Waals surface area contributed by atoms with E-state index in [0.29, 0.717) is 0 Å². The maximum atomic E-state index is 4.72. The molecule has 0 N–H and O–H groups in total. The molecule has 0 aliphatic rings. The van der Waals surface area contributed by atoms with Crippen LogP contribution in [0.3, 0.4) is 0 Å². The standard InChI is InChI=1S/C16H21GeN/c1-12-13(2)16(14-9-7-6-8-10-14)18-11-15(12)17(3,4)5/h6-11H,1-5H3. The predicted molar refractivity (Wildman–Crippen MR) is 82.1 cm³/mol. The summed E-state index contributed by atoms with van der Waals surface area (Å²) in [5.41, 5.74) is 5.12. The molecule has 0 radical (unpaired) electrons. The minimum atomic E-state index is -1.80. The van der Waals surface area contributed by atoms with Crippen molar-refractivity contribution in [3.8, 4) is 11.3 Å². The van der Waals surface area contributed by atoms with Crippen LogP contribution in [0.5, 0.6) is 0 Å². The number of aromatic nitrogens is 1. The van der Waals surface area contributed by atoms with E-state index in [4.69, 9.17) is 4.98 Å². The van der Waals surface area contributed by atoms with Gasteiger partial charge in [-0.2, -0.15) is 0 Å². The fourth-order valence-electron chi connectivity index (χ4n) is 2.35. The van der Waals surface area contributed by atoms with E-state index in [-0.39, 0.29) is 0 Å². The van der Waals surface area contributed by atoms with E-state index in [9.17, 15) is 0 Å². The maximum absolute atomic E-state index is 4.72. The summed E-state index contributed by atoms with van der Waals surface area (Å²) in [7, 11) is 0. The average molecular weight is 300 g/mol. The number of hydrogen-bond acceptors (Lipinski definition) is 1. The van der Waals surface area contributed by atoms with Gasteiger partial charge in [-0.15, -0.1) is 0 Å². The Balaban J connectivity index is 2.58. The minimum absolute atomic E-state index is 1.13. The third-order valence-electron chi connectivity index (χ3n) is 3.50. The van der Waals surface area contributed by atoms with Gasteiger partial charge in [-0.25, -0.2) is 0 Å². The summed E-state index contributed by atoms with van der Waals surface area (Å²) >= 11 is -1.80. The van der Waals surface area contributed by atoms with Crippen LogP contribution in [0, 0.1) is 13.8 Å². The van der Waals surface area contributed by atoms with Crippen LogP contribution >= 0.6 is 0 Å². The van der Waals surface area contributed by atoms with Crippen molar-refractivity contribution < 1.29 is 0 Å². The summed E-state index contributed by atoms with van der Waals surface area (Å²) in [4.78, 5) is 4.72. The molecule has 2 heteroatoms. The topological polar surface area (TPSA) is 12.9 Å². The molecule has 0 saturated heterocycles. The van der Waals surface area contributed by atoms with Gasteiger partial charge in [0.15, 0.2) is 0 Å². The third kappa shape index (κ3) is 2.51. The first-order chi connectivity index (χ1) is 8.41. The van der Waals surface area contributed by atoms with Crippen LogP contribution in [-0.4, -0.2) is 18.3 Å². The molecule has 0 amide bonds. The van der Waals surface area contributed by atoms with Crippen LogP contribution in [0.1, 0.15) is 11.1 Å². The van der Waals surface area contributed by atoms with Crippen molar-refractivity contribution >= 4 is 17.7 Å². The van der Waals surface area contributed by atoms with Crippen LogP contribution in [0.2, 0.25) is 17.3 Å². The molecule has 0 atom stereocenters. The number of rotatable bonds is 2. The molecule has 0 fully saturated rings. The molecule has 2 rings (SSSR count). The zero-order chi connectivity index (χ0) is 13.3. The van der Waals surface area contributed by atoms with E-state index in [2.05, 4.69) is 61.6 Å². The van der Waals surface area contributed by atoms with Crippen LogP contribution in [0.15, 0.2) is 36.5 Å². The average Bonchev–Trinajstić information content (AvgIpc) is 2.32. The molecule has 18 heavy (non-hydrogen) atoms. The van der Waals surface area contributed by atoms with Crippen molar-refractivity contribution in [3.63, 3.8) is 0 Å². The third-order valence-corrected chi connectivity index (χ3v) is 7.95. The predicted octanol–water partition coefficient (Wildman–Crippen LogP) is 3.91. The normalized spacial score (nSPS) is 11.6. The Labute approximate surface area is 113 Å². The van der Waals surface area contributed by atoms with Crippen molar-refractivity contribution in [2.24, 2.45) is 0 Å². The van der Waals surface area contributed by atoms with E-state index in [1.807, 2.05) is 6.07 Å². The van der Waals surface area contributed by atoms with Gasteiger partial charge >= 0.3 is 113 Å². The first-order valence-corrected chi connectivity index (χ1v) is 13.8. The Bertz CT molecular complexity index is 553. The number of hydrogen-bond donors (Lipinski definition) is 0. The SMILES string of the molecule is Cc1[c]([Ge]([CH3])([CH3])[CH3])cnc(-c2ccccc2)c1C. The number of nitrogens with zero attached hydrogens (tertiary/aromatic N) is 1. The first kappa shape index (κ1) is 13.3. The van der Waals surface area contributed by atoms with Crippen molar-refractivity contribution in [2.75, 3.05) is 0 Å². The molecule has 0 aliphatic heterocycles. The van der Waals surface area contributed by atoms with E-state index in [1.165, 1.54) is 21.1 Å². The van der Waals surface area contributed by atoms with Crippen LogP contribution in [0.25, 0.3) is 11.3 Å². The van der Waals surface area contributed by atoms with Gasteiger partial charge in [0.2, 0.25) is 0 Å². The Morgan fingerprint density at radius 3 is 2.06 bits per heavy atom. The molecule has 1 aromatic carbocycles. The van der Waals surface area contributed by atoms with E-state index >= 15 is 0 Å². The van der Waals surface area contributed by atoms with Gasteiger partial charge < -0.3 is 0 Å². The number of pyridine rings is 1. The van der Waals surface area contributed by atoms with E-state index in [0.717, 1.165) is 5.69 Å². The van der Waals surface area contributed by atoms with Gasteiger partial charge in [-0.1, -0.05) is 0 Å². The molecule has 0 unspecified atom stereocenters. The Hall–Kier alpha value is -1.09. The Morgan fingerprint density at radius 2 is 1.50 bits per heavy atom. The molecular formula is C16H21GeN. The molecule has 1 aromatic heterocycles. The van der Waals surface area contributed by atoms with Crippen molar-refractivity contribution in [2.45, 2.75) is 31.1 Å². The van der Waals surface area contributed by atoms with Crippen LogP contribution < -0.4 is 4.40 Å². The van der Waals surface area contributed by atoms with Gasteiger partial charge in [0.1, 0.15) is 0 Å². The van der Waals surface area contributed by atoms with Crippen molar-refractivity contribution in [1.29, 1.82) is 0 Å². The number of benzene rings is 1. The summed E-state index contributed by atoms with van der Waals surface area (Å²) in [6.07, 6.45) is 2.12. The molecule has 94 valence electrons. The van der Waals surface area contributed by atoms with Gasteiger partial charge in [0.05, 0.1) is 0 Å². The molecule has 2 aromatic rings. The van der Waals surface area contributed by atoms with Gasteiger partial charge in [-0.05, 0) is 0 Å². The molecule has 1 heterocycles. The zero-order valence-corrected chi connectivity index (χ0v) is 14.0. The second-order valence-corrected chi connectivity index (χ2v) is 16.5. The molecule has 0 bridgehead atoms. The molecule has 1 nitrogen and oxygen atoms in total. The molecule has 0 saturated carbocycles. The van der Waals surface area contributed by atoms with Crippen LogP contribution in [0.4, 0.5) is 0 Å². The van der Waals surface area contributed by atoms with Gasteiger partial charge in [0.25, 0.3) is 0 Å². The van der Waals surface area contributed by atoms with Crippen molar-refractivity contribution in [1.82, 2.24) is 4.98 Å². The van der Waals surface area contributed by atoms with Crippen LogP contribution in [-0.2, 0) is 0 Å². The second kappa shape index (κ2) is 4.89. The monoisotopic (exact) mass is 301 g/mol. The first-order valence-electron chi connectivity index (χ1n) is 6.43. The summed E-state index contributed by atoms with van der Waals surface area (Å²) in [6, 6.07) is 10.5. The van der Waals surface area contributed by atoms with E-state index < -0.39 is 13.3 Å². The second-order valence-electron chi connectivity index (χ2n) is 5.89. The Kier molecular flexibility index (Phi) is 3.62. The summed E-state index contributed by atoms with van der Waals surface area (Å²) in [5.74, 6) is 7.27. The quantitative estimate of drug-likeness (QED) is 0.766. The fourth-order valence-corrected chi connectivity index (χ4v) is 6.05. The summed E-state index contributed by atoms with van der Waals surface area (Å²) in [5, 5.41) is 0. The zero-order valence-electron chi connectivity index (χ0n) is 11.9. The molecular weight excluding hydrogens is 279 g/mol. The Morgan fingerprint density at radius 1 is 0.889 bits per heavy atom. The van der Waals surface area contributed by atoms with Gasteiger partial charge in [-0.3, -0.25) is 0 Å². The van der Waals surface area contributed by atoms with Crippen molar-refractivity contribution in [3.05, 3.63) is 47.7 Å². The van der Waals surface area contributed by atoms with E-state index in [1.54, 1.807) is 0 Å². The van der Waals surface area contributed by atoms with Gasteiger partial charge in [0, 0.05) is 0 Å². The molecule has 0 aliphatic carbocycles. The summed E-state index contributed by atoms with van der Waals surface area (Å²) < 4.78 is 1.52. The summed E-state index contributed by atoms with van der Waals surface area (Å²) in [6.45, 7) is 4.44. The fraction of sp³-hybridized carbons (Fsp3) is 0.312. The molecule has 0 spiro atoms.